The highest BCUT2D eigenvalue weighted by Gasteiger charge is 2.19. The summed E-state index contributed by atoms with van der Waals surface area (Å²) in [6.07, 6.45) is 2.20. The first-order chi connectivity index (χ1) is 9.13. The zero-order valence-corrected chi connectivity index (χ0v) is 10.1. The Balaban J connectivity index is 1.91. The third kappa shape index (κ3) is 2.17. The van der Waals surface area contributed by atoms with Gasteiger partial charge in [-0.05, 0) is 36.1 Å². The van der Waals surface area contributed by atoms with Gasteiger partial charge in [-0.2, -0.15) is 0 Å². The molecule has 4 N–H and O–H groups in total. The lowest BCUT2D eigenvalue weighted by Crippen LogP contribution is -2.13. The topological polar surface area (TPSA) is 101 Å². The van der Waals surface area contributed by atoms with E-state index >= 15 is 0 Å². The lowest BCUT2D eigenvalue weighted by Gasteiger charge is -2.07. The minimum Gasteiger partial charge on any atom is -0.437 e. The summed E-state index contributed by atoms with van der Waals surface area (Å²) in [5.74, 6) is 0.639. The number of hydrogen-bond acceptors (Lipinski definition) is 5. The van der Waals surface area contributed by atoms with Gasteiger partial charge in [0, 0.05) is 0 Å². The highest BCUT2D eigenvalue weighted by atomic mass is 16.5. The first kappa shape index (κ1) is 11.7. The van der Waals surface area contributed by atoms with Gasteiger partial charge in [0.2, 0.25) is 5.88 Å². The van der Waals surface area contributed by atoms with Crippen LogP contribution in [0.3, 0.4) is 0 Å². The van der Waals surface area contributed by atoms with E-state index in [0.717, 1.165) is 11.1 Å². The molecule has 6 nitrogen and oxygen atoms in total. The van der Waals surface area contributed by atoms with E-state index in [1.54, 1.807) is 6.07 Å². The number of aromatic amines is 1. The van der Waals surface area contributed by atoms with Gasteiger partial charge >= 0.3 is 0 Å². The molecular formula is C13H13N3O3. The van der Waals surface area contributed by atoms with Crippen molar-refractivity contribution in [2.24, 2.45) is 0 Å². The van der Waals surface area contributed by atoms with E-state index in [0.29, 0.717) is 18.6 Å². The van der Waals surface area contributed by atoms with Gasteiger partial charge in [-0.3, -0.25) is 4.79 Å². The summed E-state index contributed by atoms with van der Waals surface area (Å²) in [6, 6.07) is 5.53. The minimum absolute atomic E-state index is 0.0527. The van der Waals surface area contributed by atoms with Gasteiger partial charge in [0.1, 0.15) is 5.75 Å². The average Bonchev–Trinajstić information content (AvgIpc) is 2.74. The molecule has 1 aliphatic rings. The van der Waals surface area contributed by atoms with Gasteiger partial charge < -0.3 is 20.6 Å². The smallest absolute Gasteiger partial charge is 0.277 e. The maximum Gasteiger partial charge on any atom is 0.277 e. The lowest BCUT2D eigenvalue weighted by molar-refractivity contribution is 0.187. The molecule has 1 atom stereocenters. The second-order valence-corrected chi connectivity index (χ2v) is 4.55. The molecule has 0 fully saturated rings. The van der Waals surface area contributed by atoms with Crippen LogP contribution in [0.5, 0.6) is 11.6 Å². The van der Waals surface area contributed by atoms with E-state index in [9.17, 15) is 9.90 Å². The predicted molar refractivity (Wildman–Crippen MR) is 69.2 cm³/mol. The molecule has 6 heteroatoms. The van der Waals surface area contributed by atoms with E-state index in [-0.39, 0.29) is 17.7 Å². The van der Waals surface area contributed by atoms with E-state index in [4.69, 9.17) is 10.5 Å². The Hall–Kier alpha value is -2.34. The van der Waals surface area contributed by atoms with Crippen LogP contribution in [0, 0.1) is 0 Å². The van der Waals surface area contributed by atoms with E-state index < -0.39 is 5.56 Å². The summed E-state index contributed by atoms with van der Waals surface area (Å²) in [5, 5.41) is 9.59. The van der Waals surface area contributed by atoms with E-state index in [1.807, 2.05) is 12.1 Å². The molecule has 1 aromatic carbocycles. The summed E-state index contributed by atoms with van der Waals surface area (Å²) in [5.41, 5.74) is 7.28. The number of nitrogen functional groups attached to an aromatic ring is 1. The van der Waals surface area contributed by atoms with Crippen LogP contribution in [0.4, 0.5) is 5.69 Å². The number of rotatable bonds is 2. The molecule has 0 saturated heterocycles. The van der Waals surface area contributed by atoms with Gasteiger partial charge in [-0.15, -0.1) is 0 Å². The molecular weight excluding hydrogens is 246 g/mol. The van der Waals surface area contributed by atoms with Crippen molar-refractivity contribution >= 4 is 5.69 Å². The molecule has 1 aromatic heterocycles. The summed E-state index contributed by atoms with van der Waals surface area (Å²) in [6.45, 7) is 0. The van der Waals surface area contributed by atoms with Crippen LogP contribution in [-0.2, 0) is 12.8 Å². The third-order valence-corrected chi connectivity index (χ3v) is 3.16. The number of aromatic nitrogens is 2. The van der Waals surface area contributed by atoms with Gasteiger partial charge in [-0.1, -0.05) is 6.07 Å². The molecule has 0 saturated carbocycles. The molecule has 19 heavy (non-hydrogen) atoms. The SMILES string of the molecule is Nc1c(Oc2ccc3c(c2)CC(O)C3)nc[nH]c1=O. The summed E-state index contributed by atoms with van der Waals surface area (Å²) < 4.78 is 5.51. The monoisotopic (exact) mass is 259 g/mol. The van der Waals surface area contributed by atoms with Crippen LogP contribution >= 0.6 is 0 Å². The maximum absolute atomic E-state index is 11.3. The first-order valence-corrected chi connectivity index (χ1v) is 5.94. The number of benzene rings is 1. The highest BCUT2D eigenvalue weighted by molar-refractivity contribution is 5.48. The molecule has 0 spiro atoms. The molecule has 1 aliphatic carbocycles. The maximum atomic E-state index is 11.3. The molecule has 0 bridgehead atoms. The van der Waals surface area contributed by atoms with Crippen molar-refractivity contribution in [3.05, 3.63) is 46.0 Å². The molecule has 0 aliphatic heterocycles. The van der Waals surface area contributed by atoms with Crippen LogP contribution in [0.25, 0.3) is 0 Å². The van der Waals surface area contributed by atoms with Crippen molar-refractivity contribution < 1.29 is 9.84 Å². The largest absolute Gasteiger partial charge is 0.437 e. The number of nitrogens with two attached hydrogens (primary N) is 1. The number of fused-ring (bicyclic) bond motifs is 1. The number of hydrogen-bond donors (Lipinski definition) is 3. The van der Waals surface area contributed by atoms with Gasteiger partial charge in [-0.25, -0.2) is 4.98 Å². The van der Waals surface area contributed by atoms with Crippen LogP contribution in [0.1, 0.15) is 11.1 Å². The molecule has 1 heterocycles. The fraction of sp³-hybridized carbons (Fsp3) is 0.231. The van der Waals surface area contributed by atoms with Crippen molar-refractivity contribution in [2.75, 3.05) is 5.73 Å². The normalized spacial score (nSPS) is 17.2. The Labute approximate surface area is 108 Å². The number of anilines is 1. The molecule has 3 rings (SSSR count). The Morgan fingerprint density at radius 2 is 2.16 bits per heavy atom. The molecule has 0 radical (unpaired) electrons. The minimum atomic E-state index is -0.429. The summed E-state index contributed by atoms with van der Waals surface area (Å²) >= 11 is 0. The third-order valence-electron chi connectivity index (χ3n) is 3.16. The van der Waals surface area contributed by atoms with Crippen LogP contribution in [0.2, 0.25) is 0 Å². The molecule has 2 aromatic rings. The highest BCUT2D eigenvalue weighted by Crippen LogP contribution is 2.29. The molecule has 98 valence electrons. The fourth-order valence-electron chi connectivity index (χ4n) is 2.22. The first-order valence-electron chi connectivity index (χ1n) is 5.94. The average molecular weight is 259 g/mol. The van der Waals surface area contributed by atoms with Gasteiger partial charge in [0.15, 0.2) is 5.69 Å². The fourth-order valence-corrected chi connectivity index (χ4v) is 2.22. The second kappa shape index (κ2) is 4.40. The van der Waals surface area contributed by atoms with Crippen molar-refractivity contribution in [1.29, 1.82) is 0 Å². The zero-order valence-electron chi connectivity index (χ0n) is 10.1. The summed E-state index contributed by atoms with van der Waals surface area (Å²) in [4.78, 5) is 17.6. The number of nitrogens with zero attached hydrogens (tertiary/aromatic N) is 1. The summed E-state index contributed by atoms with van der Waals surface area (Å²) in [7, 11) is 0. The van der Waals surface area contributed by atoms with Crippen molar-refractivity contribution in [1.82, 2.24) is 9.97 Å². The van der Waals surface area contributed by atoms with Crippen molar-refractivity contribution in [2.45, 2.75) is 18.9 Å². The Morgan fingerprint density at radius 3 is 3.00 bits per heavy atom. The van der Waals surface area contributed by atoms with E-state index in [2.05, 4.69) is 9.97 Å². The lowest BCUT2D eigenvalue weighted by atomic mass is 10.1. The second-order valence-electron chi connectivity index (χ2n) is 4.55. The van der Waals surface area contributed by atoms with Crippen molar-refractivity contribution in [3.63, 3.8) is 0 Å². The van der Waals surface area contributed by atoms with Crippen LogP contribution in [-0.4, -0.2) is 21.2 Å². The zero-order chi connectivity index (χ0) is 13.4. The number of ether oxygens (including phenoxy) is 1. The van der Waals surface area contributed by atoms with Crippen LogP contribution in [0.15, 0.2) is 29.3 Å². The number of aliphatic hydroxyl groups excluding tert-OH is 1. The van der Waals surface area contributed by atoms with Crippen molar-refractivity contribution in [3.8, 4) is 11.6 Å². The van der Waals surface area contributed by atoms with Crippen LogP contribution < -0.4 is 16.0 Å². The Morgan fingerprint density at radius 1 is 1.37 bits per heavy atom. The number of aliphatic hydroxyl groups is 1. The Bertz CT molecular complexity index is 681. The number of H-pyrrole nitrogens is 1. The van der Waals surface area contributed by atoms with E-state index in [1.165, 1.54) is 6.33 Å². The van der Waals surface area contributed by atoms with Gasteiger partial charge in [0.05, 0.1) is 12.4 Å². The van der Waals surface area contributed by atoms with Gasteiger partial charge in [0.25, 0.3) is 5.56 Å². The Kier molecular flexibility index (Phi) is 2.72. The quantitative estimate of drug-likeness (QED) is 0.733. The molecule has 1 unspecified atom stereocenters. The standard InChI is InChI=1S/C13H13N3O3/c14-11-12(18)15-6-16-13(11)19-10-2-1-7-3-9(17)4-8(7)5-10/h1-2,5-6,9,17H,3-4,14H2,(H,15,16,18). The molecule has 0 amide bonds. The predicted octanol–water partition coefficient (Wildman–Crippen LogP) is 0.604. The number of nitrogens with one attached hydrogen (secondary N) is 1.